The lowest BCUT2D eigenvalue weighted by Crippen LogP contribution is -2.26. The van der Waals surface area contributed by atoms with Gasteiger partial charge in [-0.3, -0.25) is 4.79 Å². The normalized spacial score (nSPS) is 11.8. The molecule has 4 heteroatoms. The van der Waals surface area contributed by atoms with Gasteiger partial charge >= 0.3 is 0 Å². The molecule has 21 heavy (non-hydrogen) atoms. The Balaban J connectivity index is 2.03. The minimum Gasteiger partial charge on any atom is -0.385 e. The molecule has 0 radical (unpaired) electrons. The maximum absolute atomic E-state index is 12.2. The fourth-order valence-corrected chi connectivity index (χ4v) is 2.50. The molecule has 1 amide bonds. The Morgan fingerprint density at radius 1 is 1.19 bits per heavy atom. The molecule has 2 rings (SSSR count). The molecule has 1 atom stereocenters. The molecule has 2 aromatic carbocycles. The van der Waals surface area contributed by atoms with E-state index in [-0.39, 0.29) is 11.9 Å². The summed E-state index contributed by atoms with van der Waals surface area (Å²) in [5, 5.41) is 6.22. The number of halogens is 1. The van der Waals surface area contributed by atoms with Gasteiger partial charge in [0.05, 0.1) is 6.04 Å². The molecule has 3 nitrogen and oxygen atoms in total. The second-order valence-corrected chi connectivity index (χ2v) is 5.77. The largest absolute Gasteiger partial charge is 0.385 e. The molecule has 0 aromatic heterocycles. The zero-order chi connectivity index (χ0) is 15.2. The fraction of sp³-hybridized carbons (Fsp3) is 0.235. The first-order valence-corrected chi connectivity index (χ1v) is 7.79. The zero-order valence-corrected chi connectivity index (χ0v) is 13.8. The number of amides is 1. The van der Waals surface area contributed by atoms with Crippen molar-refractivity contribution in [3.8, 4) is 0 Å². The standard InChI is InChI=1S/C17H19BrN2O/c1-3-19-16-9-7-13(8-10-16)17(21)20-12(2)14-5-4-6-15(18)11-14/h4-12,19H,3H2,1-2H3,(H,20,21). The molecular weight excluding hydrogens is 328 g/mol. The van der Waals surface area contributed by atoms with Crippen molar-refractivity contribution in [1.82, 2.24) is 5.32 Å². The monoisotopic (exact) mass is 346 g/mol. The maximum atomic E-state index is 12.2. The van der Waals surface area contributed by atoms with E-state index in [0.717, 1.165) is 22.3 Å². The van der Waals surface area contributed by atoms with E-state index >= 15 is 0 Å². The Morgan fingerprint density at radius 3 is 2.52 bits per heavy atom. The summed E-state index contributed by atoms with van der Waals surface area (Å²) >= 11 is 3.44. The third-order valence-corrected chi connectivity index (χ3v) is 3.72. The first-order valence-electron chi connectivity index (χ1n) is 7.00. The molecule has 2 N–H and O–H groups in total. The van der Waals surface area contributed by atoms with Gasteiger partial charge in [0.1, 0.15) is 0 Å². The Bertz CT molecular complexity index is 610. The molecule has 0 saturated heterocycles. The Morgan fingerprint density at radius 2 is 1.90 bits per heavy atom. The van der Waals surface area contributed by atoms with Crippen molar-refractivity contribution in [3.63, 3.8) is 0 Å². The van der Waals surface area contributed by atoms with Crippen LogP contribution >= 0.6 is 15.9 Å². The lowest BCUT2D eigenvalue weighted by Gasteiger charge is -2.15. The van der Waals surface area contributed by atoms with Crippen LogP contribution in [0, 0.1) is 0 Å². The molecule has 0 spiro atoms. The predicted octanol–water partition coefficient (Wildman–Crippen LogP) is 4.37. The predicted molar refractivity (Wildman–Crippen MR) is 90.6 cm³/mol. The number of rotatable bonds is 5. The molecule has 0 saturated carbocycles. The molecule has 0 aliphatic rings. The van der Waals surface area contributed by atoms with E-state index in [9.17, 15) is 4.79 Å². The van der Waals surface area contributed by atoms with Crippen LogP contribution in [0.3, 0.4) is 0 Å². The van der Waals surface area contributed by atoms with Crippen molar-refractivity contribution in [1.29, 1.82) is 0 Å². The second kappa shape index (κ2) is 7.27. The molecule has 0 heterocycles. The lowest BCUT2D eigenvalue weighted by molar-refractivity contribution is 0.0940. The Labute approximate surface area is 133 Å². The summed E-state index contributed by atoms with van der Waals surface area (Å²) in [7, 11) is 0. The number of carbonyl (C=O) groups excluding carboxylic acids is 1. The molecule has 0 fully saturated rings. The average molecular weight is 347 g/mol. The van der Waals surface area contributed by atoms with Gasteiger partial charge in [-0.1, -0.05) is 28.1 Å². The van der Waals surface area contributed by atoms with Gasteiger partial charge in [-0.05, 0) is 55.8 Å². The van der Waals surface area contributed by atoms with E-state index in [1.54, 1.807) is 0 Å². The van der Waals surface area contributed by atoms with E-state index in [4.69, 9.17) is 0 Å². The number of carbonyl (C=O) groups is 1. The van der Waals surface area contributed by atoms with Gasteiger partial charge in [-0.25, -0.2) is 0 Å². The SMILES string of the molecule is CCNc1ccc(C(=O)NC(C)c2cccc(Br)c2)cc1. The van der Waals surface area contributed by atoms with E-state index in [0.29, 0.717) is 5.56 Å². The zero-order valence-electron chi connectivity index (χ0n) is 12.2. The van der Waals surface area contributed by atoms with Crippen molar-refractivity contribution in [3.05, 3.63) is 64.1 Å². The highest BCUT2D eigenvalue weighted by Gasteiger charge is 2.11. The minimum absolute atomic E-state index is 0.0385. The summed E-state index contributed by atoms with van der Waals surface area (Å²) < 4.78 is 1.01. The van der Waals surface area contributed by atoms with Gasteiger partial charge in [0.25, 0.3) is 5.91 Å². The van der Waals surface area contributed by atoms with Crippen molar-refractivity contribution >= 4 is 27.5 Å². The summed E-state index contributed by atoms with van der Waals surface area (Å²) in [5.41, 5.74) is 2.76. The quantitative estimate of drug-likeness (QED) is 0.843. The van der Waals surface area contributed by atoms with Crippen molar-refractivity contribution in [2.45, 2.75) is 19.9 Å². The highest BCUT2D eigenvalue weighted by atomic mass is 79.9. The van der Waals surface area contributed by atoms with Crippen molar-refractivity contribution in [2.24, 2.45) is 0 Å². The van der Waals surface area contributed by atoms with E-state index in [1.165, 1.54) is 0 Å². The molecule has 110 valence electrons. The number of benzene rings is 2. The Kier molecular flexibility index (Phi) is 5.39. The number of anilines is 1. The van der Waals surface area contributed by atoms with Gasteiger partial charge in [0, 0.05) is 22.3 Å². The minimum atomic E-state index is -0.0643. The van der Waals surface area contributed by atoms with Crippen LogP contribution in [0.15, 0.2) is 53.0 Å². The van der Waals surface area contributed by atoms with Crippen LogP contribution in [0.25, 0.3) is 0 Å². The second-order valence-electron chi connectivity index (χ2n) is 4.86. The number of hydrogen-bond acceptors (Lipinski definition) is 2. The van der Waals surface area contributed by atoms with Crippen LogP contribution in [-0.4, -0.2) is 12.5 Å². The topological polar surface area (TPSA) is 41.1 Å². The molecule has 0 bridgehead atoms. The molecule has 2 aromatic rings. The summed E-state index contributed by atoms with van der Waals surface area (Å²) in [6.07, 6.45) is 0. The number of hydrogen-bond donors (Lipinski definition) is 2. The molecule has 0 aliphatic carbocycles. The summed E-state index contributed by atoms with van der Waals surface area (Å²) in [5.74, 6) is -0.0643. The number of nitrogens with one attached hydrogen (secondary N) is 2. The third kappa shape index (κ3) is 4.33. The van der Waals surface area contributed by atoms with E-state index < -0.39 is 0 Å². The van der Waals surface area contributed by atoms with Crippen LogP contribution < -0.4 is 10.6 Å². The van der Waals surface area contributed by atoms with Gasteiger partial charge in [0.2, 0.25) is 0 Å². The van der Waals surface area contributed by atoms with Gasteiger partial charge in [-0.15, -0.1) is 0 Å². The smallest absolute Gasteiger partial charge is 0.251 e. The summed E-state index contributed by atoms with van der Waals surface area (Å²) in [6, 6.07) is 15.4. The molecular formula is C17H19BrN2O. The highest BCUT2D eigenvalue weighted by Crippen LogP contribution is 2.18. The van der Waals surface area contributed by atoms with E-state index in [2.05, 4.69) is 26.6 Å². The molecule has 0 aliphatic heterocycles. The van der Waals surface area contributed by atoms with Crippen LogP contribution in [-0.2, 0) is 0 Å². The average Bonchev–Trinajstić information content (AvgIpc) is 2.48. The third-order valence-electron chi connectivity index (χ3n) is 3.22. The fourth-order valence-electron chi connectivity index (χ4n) is 2.08. The Hall–Kier alpha value is -1.81. The van der Waals surface area contributed by atoms with Crippen LogP contribution in [0.4, 0.5) is 5.69 Å². The first kappa shape index (κ1) is 15.6. The van der Waals surface area contributed by atoms with Crippen molar-refractivity contribution < 1.29 is 4.79 Å². The highest BCUT2D eigenvalue weighted by molar-refractivity contribution is 9.10. The summed E-state index contributed by atoms with van der Waals surface area (Å²) in [6.45, 7) is 4.89. The maximum Gasteiger partial charge on any atom is 0.251 e. The van der Waals surface area contributed by atoms with Crippen LogP contribution in [0.1, 0.15) is 35.8 Å². The lowest BCUT2D eigenvalue weighted by atomic mass is 10.1. The van der Waals surface area contributed by atoms with Gasteiger partial charge < -0.3 is 10.6 Å². The van der Waals surface area contributed by atoms with Gasteiger partial charge in [-0.2, -0.15) is 0 Å². The molecule has 1 unspecified atom stereocenters. The van der Waals surface area contributed by atoms with Crippen LogP contribution in [0.5, 0.6) is 0 Å². The van der Waals surface area contributed by atoms with Crippen molar-refractivity contribution in [2.75, 3.05) is 11.9 Å². The van der Waals surface area contributed by atoms with Crippen LogP contribution in [0.2, 0.25) is 0 Å². The first-order chi connectivity index (χ1) is 10.1. The van der Waals surface area contributed by atoms with Gasteiger partial charge in [0.15, 0.2) is 0 Å². The van der Waals surface area contributed by atoms with E-state index in [1.807, 2.05) is 62.4 Å². The summed E-state index contributed by atoms with van der Waals surface area (Å²) in [4.78, 5) is 12.2.